The highest BCUT2D eigenvalue weighted by atomic mass is 16.1. The highest BCUT2D eigenvalue weighted by Gasteiger charge is 2.02. The highest BCUT2D eigenvalue weighted by Crippen LogP contribution is 2.09. The van der Waals surface area contributed by atoms with Gasteiger partial charge in [-0.05, 0) is 24.1 Å². The summed E-state index contributed by atoms with van der Waals surface area (Å²) in [7, 11) is 0. The molecule has 0 unspecified atom stereocenters. The molecule has 2 rings (SSSR count). The second-order valence-corrected chi connectivity index (χ2v) is 5.63. The van der Waals surface area contributed by atoms with Crippen LogP contribution in [-0.2, 0) is 11.3 Å². The number of carbonyl (C=O) groups is 1. The number of nitrogens with two attached hydrogens (primary N) is 1. The molecule has 1 amide bonds. The normalized spacial score (nSPS) is 10.9. The minimum Gasteiger partial charge on any atom is -0.355 e. The summed E-state index contributed by atoms with van der Waals surface area (Å²) in [6.07, 6.45) is 5.87. The van der Waals surface area contributed by atoms with E-state index in [1.165, 1.54) is 10.1 Å². The zero-order valence-electron chi connectivity index (χ0n) is 13.9. The van der Waals surface area contributed by atoms with Crippen molar-refractivity contribution in [1.82, 2.24) is 9.88 Å². The van der Waals surface area contributed by atoms with Crippen molar-refractivity contribution in [2.24, 2.45) is 5.73 Å². The molecule has 5 heteroatoms. The molecule has 2 aromatic rings. The number of aryl methyl sites for hydroxylation is 2. The Morgan fingerprint density at radius 1 is 1.21 bits per heavy atom. The Balaban J connectivity index is 1.99. The molecule has 0 fully saturated rings. The third-order valence-corrected chi connectivity index (χ3v) is 3.58. The van der Waals surface area contributed by atoms with Crippen molar-refractivity contribution < 1.29 is 4.79 Å². The minimum absolute atomic E-state index is 0.101. The summed E-state index contributed by atoms with van der Waals surface area (Å²) in [5.74, 6) is -0.101. The van der Waals surface area contributed by atoms with Crippen LogP contribution in [-0.4, -0.2) is 23.6 Å². The molecule has 5 nitrogen and oxygen atoms in total. The first-order valence-corrected chi connectivity index (χ1v) is 8.00. The summed E-state index contributed by atoms with van der Waals surface area (Å²) in [4.78, 5) is 23.7. The van der Waals surface area contributed by atoms with Gasteiger partial charge < -0.3 is 15.6 Å². The van der Waals surface area contributed by atoms with Gasteiger partial charge in [-0.3, -0.25) is 9.59 Å². The third-order valence-electron chi connectivity index (χ3n) is 3.58. The Kier molecular flexibility index (Phi) is 6.51. The largest absolute Gasteiger partial charge is 0.355 e. The van der Waals surface area contributed by atoms with E-state index in [2.05, 4.69) is 11.4 Å². The molecule has 0 aliphatic heterocycles. The summed E-state index contributed by atoms with van der Waals surface area (Å²) in [6, 6.07) is 11.6. The summed E-state index contributed by atoms with van der Waals surface area (Å²) in [6.45, 7) is 3.27. The zero-order valence-corrected chi connectivity index (χ0v) is 13.9. The van der Waals surface area contributed by atoms with Crippen LogP contribution in [0.5, 0.6) is 0 Å². The maximum atomic E-state index is 12.1. The van der Waals surface area contributed by atoms with E-state index in [-0.39, 0.29) is 17.9 Å². The number of hydrogen-bond acceptors (Lipinski definition) is 3. The zero-order chi connectivity index (χ0) is 17.4. The van der Waals surface area contributed by atoms with Gasteiger partial charge in [0, 0.05) is 38.3 Å². The lowest BCUT2D eigenvalue weighted by Gasteiger charge is -2.06. The van der Waals surface area contributed by atoms with E-state index in [9.17, 15) is 9.59 Å². The SMILES string of the molecule is Cc1cccc(/C=C/c2ccn(CCC(=O)NCCN)c(=O)c2)c1. The molecule has 0 aliphatic rings. The molecule has 3 N–H and O–H groups in total. The Morgan fingerprint density at radius 3 is 2.62 bits per heavy atom. The lowest BCUT2D eigenvalue weighted by molar-refractivity contribution is -0.121. The van der Waals surface area contributed by atoms with Gasteiger partial charge in [-0.15, -0.1) is 0 Å². The van der Waals surface area contributed by atoms with Crippen molar-refractivity contribution in [1.29, 1.82) is 0 Å². The van der Waals surface area contributed by atoms with Gasteiger partial charge in [0.1, 0.15) is 0 Å². The van der Waals surface area contributed by atoms with Crippen molar-refractivity contribution in [3.05, 3.63) is 69.6 Å². The van der Waals surface area contributed by atoms with Crippen LogP contribution in [0.1, 0.15) is 23.1 Å². The molecule has 0 atom stereocenters. The Labute approximate surface area is 141 Å². The van der Waals surface area contributed by atoms with E-state index in [4.69, 9.17) is 5.73 Å². The number of carbonyl (C=O) groups excluding carboxylic acids is 1. The molecule has 1 heterocycles. The van der Waals surface area contributed by atoms with Crippen LogP contribution in [0, 0.1) is 6.92 Å². The van der Waals surface area contributed by atoms with E-state index in [1.54, 1.807) is 12.3 Å². The van der Waals surface area contributed by atoms with Crippen LogP contribution < -0.4 is 16.6 Å². The molecule has 0 saturated carbocycles. The molecule has 24 heavy (non-hydrogen) atoms. The van der Waals surface area contributed by atoms with Crippen molar-refractivity contribution >= 4 is 18.1 Å². The fraction of sp³-hybridized carbons (Fsp3) is 0.263. The fourth-order valence-electron chi connectivity index (χ4n) is 2.30. The average molecular weight is 325 g/mol. The average Bonchev–Trinajstić information content (AvgIpc) is 2.57. The quantitative estimate of drug-likeness (QED) is 0.815. The number of benzene rings is 1. The van der Waals surface area contributed by atoms with E-state index >= 15 is 0 Å². The number of nitrogens with one attached hydrogen (secondary N) is 1. The predicted molar refractivity (Wildman–Crippen MR) is 97.5 cm³/mol. The van der Waals surface area contributed by atoms with Gasteiger partial charge in [0.15, 0.2) is 0 Å². The highest BCUT2D eigenvalue weighted by molar-refractivity contribution is 5.75. The molecule has 0 radical (unpaired) electrons. The van der Waals surface area contributed by atoms with Crippen LogP contribution in [0.15, 0.2) is 47.4 Å². The molecule has 0 bridgehead atoms. The second-order valence-electron chi connectivity index (χ2n) is 5.63. The first kappa shape index (κ1) is 17.7. The van der Waals surface area contributed by atoms with Crippen molar-refractivity contribution in [2.45, 2.75) is 19.9 Å². The lowest BCUT2D eigenvalue weighted by Crippen LogP contribution is -2.30. The molecular weight excluding hydrogens is 302 g/mol. The van der Waals surface area contributed by atoms with E-state index < -0.39 is 0 Å². The number of pyridine rings is 1. The van der Waals surface area contributed by atoms with Gasteiger partial charge in [0.2, 0.25) is 5.91 Å². The molecule has 0 aliphatic carbocycles. The van der Waals surface area contributed by atoms with Gasteiger partial charge in [0.05, 0.1) is 0 Å². The van der Waals surface area contributed by atoms with Crippen LogP contribution in [0.2, 0.25) is 0 Å². The number of amides is 1. The molecule has 0 saturated heterocycles. The number of nitrogens with zero attached hydrogens (tertiary/aromatic N) is 1. The first-order chi connectivity index (χ1) is 11.6. The number of hydrogen-bond donors (Lipinski definition) is 2. The summed E-state index contributed by atoms with van der Waals surface area (Å²) in [5, 5.41) is 2.69. The molecule has 0 spiro atoms. The van der Waals surface area contributed by atoms with Crippen molar-refractivity contribution in [3.63, 3.8) is 0 Å². The van der Waals surface area contributed by atoms with Crippen molar-refractivity contribution in [3.8, 4) is 0 Å². The molecule has 1 aromatic heterocycles. The fourth-order valence-corrected chi connectivity index (χ4v) is 2.30. The third kappa shape index (κ3) is 5.52. The summed E-state index contributed by atoms with van der Waals surface area (Å²) in [5.41, 5.74) is 8.34. The minimum atomic E-state index is -0.118. The Hall–Kier alpha value is -2.66. The van der Waals surface area contributed by atoms with E-state index in [0.717, 1.165) is 11.1 Å². The van der Waals surface area contributed by atoms with E-state index in [0.29, 0.717) is 19.6 Å². The van der Waals surface area contributed by atoms with Gasteiger partial charge in [-0.25, -0.2) is 0 Å². The van der Waals surface area contributed by atoms with Gasteiger partial charge >= 0.3 is 0 Å². The first-order valence-electron chi connectivity index (χ1n) is 8.00. The predicted octanol–water partition coefficient (Wildman–Crippen LogP) is 1.79. The van der Waals surface area contributed by atoms with Crippen LogP contribution in [0.4, 0.5) is 0 Å². The number of aromatic nitrogens is 1. The van der Waals surface area contributed by atoms with Crippen LogP contribution in [0.3, 0.4) is 0 Å². The Morgan fingerprint density at radius 2 is 1.96 bits per heavy atom. The molecule has 1 aromatic carbocycles. The number of rotatable bonds is 7. The summed E-state index contributed by atoms with van der Waals surface area (Å²) >= 11 is 0. The Bertz CT molecular complexity index is 778. The molecular formula is C19H23N3O2. The van der Waals surface area contributed by atoms with E-state index in [1.807, 2.05) is 43.3 Å². The second kappa shape index (κ2) is 8.84. The smallest absolute Gasteiger partial charge is 0.251 e. The van der Waals surface area contributed by atoms with Crippen LogP contribution in [0.25, 0.3) is 12.2 Å². The maximum Gasteiger partial charge on any atom is 0.251 e. The van der Waals surface area contributed by atoms with Crippen LogP contribution >= 0.6 is 0 Å². The lowest BCUT2D eigenvalue weighted by atomic mass is 10.1. The van der Waals surface area contributed by atoms with Gasteiger partial charge in [0.25, 0.3) is 5.56 Å². The monoisotopic (exact) mass is 325 g/mol. The summed E-state index contributed by atoms with van der Waals surface area (Å²) < 4.78 is 1.53. The standard InChI is InChI=1S/C19H23N3O2/c1-15-3-2-4-16(13-15)5-6-17-7-11-22(19(24)14-17)12-8-18(23)21-10-9-20/h2-7,11,13-14H,8-10,12,20H2,1H3,(H,21,23)/b6-5+. The van der Waals surface area contributed by atoms with Crippen molar-refractivity contribution in [2.75, 3.05) is 13.1 Å². The van der Waals surface area contributed by atoms with Gasteiger partial charge in [-0.2, -0.15) is 0 Å². The molecule has 126 valence electrons. The topological polar surface area (TPSA) is 77.1 Å². The maximum absolute atomic E-state index is 12.1. The van der Waals surface area contributed by atoms with Gasteiger partial charge in [-0.1, -0.05) is 42.0 Å².